The minimum atomic E-state index is -3.25. The van der Waals surface area contributed by atoms with E-state index < -0.39 is 47.8 Å². The maximum absolute atomic E-state index is 14.9. The van der Waals surface area contributed by atoms with E-state index >= 15 is 0 Å². The van der Waals surface area contributed by atoms with Gasteiger partial charge in [-0.3, -0.25) is 4.79 Å². The highest BCUT2D eigenvalue weighted by molar-refractivity contribution is 5.66. The molecule has 1 saturated heterocycles. The molecule has 0 aromatic carbocycles. The first-order valence-electron chi connectivity index (χ1n) is 10.2. The summed E-state index contributed by atoms with van der Waals surface area (Å²) in [6.45, 7) is 3.77. The number of hydrogen-bond acceptors (Lipinski definition) is 4. The third kappa shape index (κ3) is 5.80. The molecule has 2 aliphatic rings. The fourth-order valence-electron chi connectivity index (χ4n) is 3.86. The van der Waals surface area contributed by atoms with E-state index in [0.717, 1.165) is 6.42 Å². The molecule has 6 unspecified atom stereocenters. The Bertz CT molecular complexity index is 691. The maximum atomic E-state index is 14.9. The predicted octanol–water partition coefficient (Wildman–Crippen LogP) is 3.51. The van der Waals surface area contributed by atoms with Gasteiger partial charge < -0.3 is 20.1 Å². The van der Waals surface area contributed by atoms with Crippen LogP contribution in [0.15, 0.2) is 24.0 Å². The Morgan fingerprint density at radius 2 is 2.14 bits per heavy atom. The fraction of sp³-hybridized carbons (Fsp3) is 0.682. The molecule has 1 aliphatic heterocycles. The number of carbonyl (C=O) groups is 1. The van der Waals surface area contributed by atoms with Crippen LogP contribution >= 0.6 is 0 Å². The molecule has 0 bridgehead atoms. The minimum absolute atomic E-state index is 0.0923. The van der Waals surface area contributed by atoms with Crippen molar-refractivity contribution in [2.75, 3.05) is 0 Å². The van der Waals surface area contributed by atoms with Crippen LogP contribution in [0.3, 0.4) is 0 Å². The van der Waals surface area contributed by atoms with Gasteiger partial charge in [0.2, 0.25) is 0 Å². The standard InChI is InChI=1S/C22H30F2O5/c1-3-4-5-8-14(2)16(25)12-11-15-17(26)13-18-21(15)22(23,24)19(29-18)9-6-7-10-20(27)28/h9,11-12,14-18,21,25-26H,3,6-8,10,13H2,1-2H3,(H,27,28). The van der Waals surface area contributed by atoms with Gasteiger partial charge in [-0.1, -0.05) is 26.0 Å². The van der Waals surface area contributed by atoms with E-state index in [2.05, 4.69) is 11.8 Å². The molecule has 7 heteroatoms. The average Bonchev–Trinajstić information content (AvgIpc) is 3.09. The van der Waals surface area contributed by atoms with Crippen LogP contribution in [0.4, 0.5) is 8.78 Å². The van der Waals surface area contributed by atoms with E-state index in [0.29, 0.717) is 6.42 Å². The third-order valence-electron chi connectivity index (χ3n) is 5.52. The molecular weight excluding hydrogens is 382 g/mol. The molecule has 6 atom stereocenters. The van der Waals surface area contributed by atoms with E-state index in [9.17, 15) is 23.8 Å². The van der Waals surface area contributed by atoms with Crippen LogP contribution in [0.5, 0.6) is 0 Å². The number of unbranched alkanes of at least 4 members (excludes halogenated alkanes) is 1. The van der Waals surface area contributed by atoms with Gasteiger partial charge in [-0.05, 0) is 24.8 Å². The molecule has 0 aromatic rings. The number of alkyl halides is 2. The van der Waals surface area contributed by atoms with Crippen molar-refractivity contribution >= 4 is 5.97 Å². The summed E-state index contributed by atoms with van der Waals surface area (Å²) in [5.74, 6) is -0.947. The van der Waals surface area contributed by atoms with Gasteiger partial charge >= 0.3 is 11.9 Å². The summed E-state index contributed by atoms with van der Waals surface area (Å²) in [5, 5.41) is 29.2. The number of aliphatic carboxylic acids is 1. The van der Waals surface area contributed by atoms with Gasteiger partial charge in [0.05, 0.1) is 18.1 Å². The lowest BCUT2D eigenvalue weighted by Gasteiger charge is -2.23. The summed E-state index contributed by atoms with van der Waals surface area (Å²) >= 11 is 0. The molecule has 0 amide bonds. The van der Waals surface area contributed by atoms with Gasteiger partial charge in [-0.25, -0.2) is 0 Å². The van der Waals surface area contributed by atoms with Gasteiger partial charge in [0.15, 0.2) is 5.76 Å². The van der Waals surface area contributed by atoms with Crippen LogP contribution in [0, 0.1) is 29.6 Å². The second kappa shape index (κ2) is 10.2. The molecule has 0 radical (unpaired) electrons. The third-order valence-corrected chi connectivity index (χ3v) is 5.52. The lowest BCUT2D eigenvalue weighted by molar-refractivity contribution is -0.137. The van der Waals surface area contributed by atoms with Crippen LogP contribution in [0.25, 0.3) is 0 Å². The van der Waals surface area contributed by atoms with Crippen LogP contribution in [0.1, 0.15) is 52.4 Å². The van der Waals surface area contributed by atoms with Crippen LogP contribution in [-0.4, -0.2) is 45.5 Å². The Balaban J connectivity index is 2.05. The second-order valence-corrected chi connectivity index (χ2v) is 7.80. The van der Waals surface area contributed by atoms with E-state index in [1.165, 1.54) is 18.2 Å². The second-order valence-electron chi connectivity index (χ2n) is 7.80. The SMILES string of the molecule is CCC#CCC(C)C(O)C=CC1C(O)CC2OC(=CCCCC(=O)O)C(F)(F)C21. The normalized spacial score (nSPS) is 31.2. The molecule has 2 fully saturated rings. The summed E-state index contributed by atoms with van der Waals surface area (Å²) in [6, 6.07) is 0. The number of carboxylic acids is 1. The molecule has 162 valence electrons. The van der Waals surface area contributed by atoms with Crippen molar-refractivity contribution in [2.45, 2.75) is 76.6 Å². The summed E-state index contributed by atoms with van der Waals surface area (Å²) < 4.78 is 35.3. The number of hydrogen-bond donors (Lipinski definition) is 3. The zero-order valence-corrected chi connectivity index (χ0v) is 16.9. The number of allylic oxidation sites excluding steroid dienone is 2. The zero-order chi connectivity index (χ0) is 21.6. The van der Waals surface area contributed by atoms with Gasteiger partial charge in [0.1, 0.15) is 6.10 Å². The fourth-order valence-corrected chi connectivity index (χ4v) is 3.86. The number of fused-ring (bicyclic) bond motifs is 1. The average molecular weight is 412 g/mol. The molecule has 2 rings (SSSR count). The van der Waals surface area contributed by atoms with Crippen LogP contribution in [0.2, 0.25) is 0 Å². The summed E-state index contributed by atoms with van der Waals surface area (Å²) in [5.41, 5.74) is 0. The lowest BCUT2D eigenvalue weighted by Crippen LogP contribution is -2.33. The highest BCUT2D eigenvalue weighted by Gasteiger charge is 2.63. The molecule has 1 aliphatic carbocycles. The van der Waals surface area contributed by atoms with Gasteiger partial charge in [0, 0.05) is 31.6 Å². The minimum Gasteiger partial charge on any atom is -0.488 e. The van der Waals surface area contributed by atoms with Crippen LogP contribution < -0.4 is 0 Å². The molecule has 1 saturated carbocycles. The predicted molar refractivity (Wildman–Crippen MR) is 104 cm³/mol. The zero-order valence-electron chi connectivity index (χ0n) is 16.9. The summed E-state index contributed by atoms with van der Waals surface area (Å²) in [7, 11) is 0. The number of aliphatic hydroxyl groups excluding tert-OH is 2. The number of aliphatic hydroxyl groups is 2. The van der Waals surface area contributed by atoms with Crippen molar-refractivity contribution in [1.29, 1.82) is 0 Å². The van der Waals surface area contributed by atoms with E-state index in [1.807, 2.05) is 13.8 Å². The van der Waals surface area contributed by atoms with Crippen molar-refractivity contribution in [1.82, 2.24) is 0 Å². The lowest BCUT2D eigenvalue weighted by atomic mass is 9.87. The van der Waals surface area contributed by atoms with Crippen molar-refractivity contribution in [3.05, 3.63) is 24.0 Å². The highest BCUT2D eigenvalue weighted by Crippen LogP contribution is 2.54. The van der Waals surface area contributed by atoms with E-state index in [1.54, 1.807) is 0 Å². The van der Waals surface area contributed by atoms with Gasteiger partial charge in [-0.2, -0.15) is 8.78 Å². The van der Waals surface area contributed by atoms with Crippen LogP contribution in [-0.2, 0) is 9.53 Å². The van der Waals surface area contributed by atoms with Gasteiger partial charge in [0.25, 0.3) is 0 Å². The topological polar surface area (TPSA) is 87.0 Å². The number of halogens is 2. The molecule has 5 nitrogen and oxygen atoms in total. The Hall–Kier alpha value is -1.91. The highest BCUT2D eigenvalue weighted by atomic mass is 19.3. The Morgan fingerprint density at radius 3 is 2.79 bits per heavy atom. The van der Waals surface area contributed by atoms with Crippen molar-refractivity contribution in [3.8, 4) is 11.8 Å². The first-order chi connectivity index (χ1) is 13.7. The number of ether oxygens (including phenoxy) is 1. The first-order valence-corrected chi connectivity index (χ1v) is 10.2. The van der Waals surface area contributed by atoms with E-state index in [4.69, 9.17) is 9.84 Å². The molecule has 0 spiro atoms. The maximum Gasteiger partial charge on any atom is 0.310 e. The van der Waals surface area contributed by atoms with Crippen molar-refractivity contribution < 1.29 is 33.6 Å². The molecule has 1 heterocycles. The summed E-state index contributed by atoms with van der Waals surface area (Å²) in [4.78, 5) is 10.5. The van der Waals surface area contributed by atoms with Crippen molar-refractivity contribution in [3.63, 3.8) is 0 Å². The largest absolute Gasteiger partial charge is 0.488 e. The summed E-state index contributed by atoms with van der Waals surface area (Å²) in [6.07, 6.45) is 3.28. The Kier molecular flexibility index (Phi) is 8.23. The monoisotopic (exact) mass is 412 g/mol. The van der Waals surface area contributed by atoms with Crippen molar-refractivity contribution in [2.24, 2.45) is 17.8 Å². The Labute approximate surface area is 170 Å². The smallest absolute Gasteiger partial charge is 0.310 e. The number of carboxylic acid groups (broad SMARTS) is 1. The molecular formula is C22H30F2O5. The molecule has 3 N–H and O–H groups in total. The Morgan fingerprint density at radius 1 is 1.41 bits per heavy atom. The number of rotatable bonds is 8. The first kappa shape index (κ1) is 23.4. The van der Waals surface area contributed by atoms with Gasteiger partial charge in [-0.15, -0.1) is 11.8 Å². The molecule has 29 heavy (non-hydrogen) atoms. The van der Waals surface area contributed by atoms with E-state index in [-0.39, 0.29) is 31.6 Å². The quantitative estimate of drug-likeness (QED) is 0.323. The molecule has 0 aromatic heterocycles.